The molecular weight excluding hydrogens is 240 g/mol. The second kappa shape index (κ2) is 3.89. The van der Waals surface area contributed by atoms with Crippen molar-refractivity contribution in [2.45, 2.75) is 38.1 Å². The third-order valence-corrected chi connectivity index (χ3v) is 3.79. The van der Waals surface area contributed by atoms with Crippen LogP contribution in [0.4, 0.5) is 5.69 Å². The lowest BCUT2D eigenvalue weighted by molar-refractivity contribution is 0.269. The summed E-state index contributed by atoms with van der Waals surface area (Å²) in [5.41, 5.74) is 1.52. The minimum Gasteiger partial charge on any atom is -0.379 e. The summed E-state index contributed by atoms with van der Waals surface area (Å²) in [4.78, 5) is 4.06. The van der Waals surface area contributed by atoms with E-state index < -0.39 is 0 Å². The van der Waals surface area contributed by atoms with Crippen LogP contribution in [0, 0.1) is 0 Å². The van der Waals surface area contributed by atoms with Crippen LogP contribution < -0.4 is 5.32 Å². The number of nitrogens with one attached hydrogen (secondary N) is 1. The quantitative estimate of drug-likeness (QED) is 0.892. The first-order valence-corrected chi connectivity index (χ1v) is 5.93. The van der Waals surface area contributed by atoms with Crippen molar-refractivity contribution in [1.82, 2.24) is 4.98 Å². The van der Waals surface area contributed by atoms with E-state index in [4.69, 9.17) is 0 Å². The van der Waals surface area contributed by atoms with Crippen molar-refractivity contribution in [1.29, 1.82) is 0 Å². The first-order valence-electron chi connectivity index (χ1n) is 5.13. The number of halogens is 1. The van der Waals surface area contributed by atoms with Gasteiger partial charge in [0.1, 0.15) is 0 Å². The molecule has 3 heteroatoms. The number of hydrogen-bond acceptors (Lipinski definition) is 2. The number of hydrogen-bond donors (Lipinski definition) is 1. The average molecular weight is 255 g/mol. The highest BCUT2D eigenvalue weighted by atomic mass is 79.9. The third-order valence-electron chi connectivity index (χ3n) is 3.16. The van der Waals surface area contributed by atoms with Crippen LogP contribution in [-0.4, -0.2) is 10.5 Å². The molecule has 0 saturated heterocycles. The van der Waals surface area contributed by atoms with Crippen molar-refractivity contribution in [3.63, 3.8) is 0 Å². The standard InChI is InChI=1S/C11H15BrN2/c1-2-11(5-3-6-11)14-10-4-7-13-8-9(10)12/h4,7-8H,2-3,5-6H2,1H3,(H,13,14). The maximum absolute atomic E-state index is 4.06. The van der Waals surface area contributed by atoms with Gasteiger partial charge in [0.25, 0.3) is 0 Å². The lowest BCUT2D eigenvalue weighted by Gasteiger charge is -2.43. The molecule has 0 spiro atoms. The zero-order valence-corrected chi connectivity index (χ0v) is 9.97. The molecule has 0 amide bonds. The number of aromatic nitrogens is 1. The molecule has 0 atom stereocenters. The molecule has 1 N–H and O–H groups in total. The van der Waals surface area contributed by atoms with Crippen LogP contribution in [-0.2, 0) is 0 Å². The zero-order valence-electron chi connectivity index (χ0n) is 8.39. The summed E-state index contributed by atoms with van der Waals surface area (Å²) in [5, 5.41) is 3.62. The fraction of sp³-hybridized carbons (Fsp3) is 0.545. The fourth-order valence-corrected chi connectivity index (χ4v) is 2.28. The van der Waals surface area contributed by atoms with Crippen molar-refractivity contribution < 1.29 is 0 Å². The molecule has 2 rings (SSSR count). The Hall–Kier alpha value is -0.570. The molecule has 1 aliphatic rings. The van der Waals surface area contributed by atoms with Crippen LogP contribution in [0.3, 0.4) is 0 Å². The number of pyridine rings is 1. The highest BCUT2D eigenvalue weighted by Crippen LogP contribution is 2.39. The van der Waals surface area contributed by atoms with E-state index in [0.717, 1.165) is 4.47 Å². The van der Waals surface area contributed by atoms with E-state index in [0.29, 0.717) is 5.54 Å². The molecule has 1 saturated carbocycles. The van der Waals surface area contributed by atoms with Crippen LogP contribution in [0.2, 0.25) is 0 Å². The summed E-state index contributed by atoms with van der Waals surface area (Å²) in [6, 6.07) is 2.03. The molecule has 76 valence electrons. The lowest BCUT2D eigenvalue weighted by Crippen LogP contribution is -2.44. The maximum Gasteiger partial charge on any atom is 0.0590 e. The Balaban J connectivity index is 2.13. The predicted octanol–water partition coefficient (Wildman–Crippen LogP) is 3.59. The van der Waals surface area contributed by atoms with Gasteiger partial charge in [0, 0.05) is 17.9 Å². The van der Waals surface area contributed by atoms with Crippen LogP contribution in [0.5, 0.6) is 0 Å². The molecule has 1 fully saturated rings. The molecule has 0 unspecified atom stereocenters. The first kappa shape index (κ1) is 9.97. The van der Waals surface area contributed by atoms with Crippen molar-refractivity contribution in [3.8, 4) is 0 Å². The third kappa shape index (κ3) is 1.78. The first-order chi connectivity index (χ1) is 6.76. The Labute approximate surface area is 93.3 Å². The predicted molar refractivity (Wildman–Crippen MR) is 62.4 cm³/mol. The number of anilines is 1. The van der Waals surface area contributed by atoms with E-state index in [-0.39, 0.29) is 0 Å². The summed E-state index contributed by atoms with van der Waals surface area (Å²) in [5.74, 6) is 0. The minimum absolute atomic E-state index is 0.351. The minimum atomic E-state index is 0.351. The summed E-state index contributed by atoms with van der Waals surface area (Å²) in [7, 11) is 0. The fourth-order valence-electron chi connectivity index (χ4n) is 1.93. The summed E-state index contributed by atoms with van der Waals surface area (Å²) in [6.45, 7) is 2.25. The Kier molecular flexibility index (Phi) is 2.77. The molecule has 1 aromatic heterocycles. The Morgan fingerprint density at radius 2 is 2.36 bits per heavy atom. The molecule has 0 bridgehead atoms. The largest absolute Gasteiger partial charge is 0.379 e. The molecule has 1 aliphatic carbocycles. The normalized spacial score (nSPS) is 18.7. The maximum atomic E-state index is 4.06. The highest BCUT2D eigenvalue weighted by Gasteiger charge is 2.35. The van der Waals surface area contributed by atoms with Gasteiger partial charge in [0.05, 0.1) is 10.2 Å². The van der Waals surface area contributed by atoms with Crippen molar-refractivity contribution in [2.24, 2.45) is 0 Å². The Morgan fingerprint density at radius 3 is 2.86 bits per heavy atom. The van der Waals surface area contributed by atoms with Gasteiger partial charge in [0.15, 0.2) is 0 Å². The van der Waals surface area contributed by atoms with E-state index in [2.05, 4.69) is 33.2 Å². The topological polar surface area (TPSA) is 24.9 Å². The van der Waals surface area contributed by atoms with Gasteiger partial charge in [-0.2, -0.15) is 0 Å². The summed E-state index contributed by atoms with van der Waals surface area (Å²) in [6.07, 6.45) is 8.79. The van der Waals surface area contributed by atoms with E-state index in [1.807, 2.05) is 18.5 Å². The van der Waals surface area contributed by atoms with Crippen molar-refractivity contribution >= 4 is 21.6 Å². The highest BCUT2D eigenvalue weighted by molar-refractivity contribution is 9.10. The molecular formula is C11H15BrN2. The van der Waals surface area contributed by atoms with E-state index in [9.17, 15) is 0 Å². The van der Waals surface area contributed by atoms with Crippen LogP contribution in [0.25, 0.3) is 0 Å². The summed E-state index contributed by atoms with van der Waals surface area (Å²) >= 11 is 3.51. The smallest absolute Gasteiger partial charge is 0.0590 e. The number of rotatable bonds is 3. The molecule has 1 heterocycles. The van der Waals surface area contributed by atoms with Crippen LogP contribution in [0.15, 0.2) is 22.9 Å². The van der Waals surface area contributed by atoms with E-state index >= 15 is 0 Å². The molecule has 0 radical (unpaired) electrons. The Morgan fingerprint density at radius 1 is 1.57 bits per heavy atom. The van der Waals surface area contributed by atoms with E-state index in [1.165, 1.54) is 31.4 Å². The zero-order chi connectivity index (χ0) is 10.0. The van der Waals surface area contributed by atoms with Gasteiger partial charge >= 0.3 is 0 Å². The molecule has 0 aromatic carbocycles. The van der Waals surface area contributed by atoms with Gasteiger partial charge in [0.2, 0.25) is 0 Å². The molecule has 0 aliphatic heterocycles. The second-order valence-electron chi connectivity index (χ2n) is 3.97. The number of nitrogens with zero attached hydrogens (tertiary/aromatic N) is 1. The average Bonchev–Trinajstić information content (AvgIpc) is 2.14. The van der Waals surface area contributed by atoms with Gasteiger partial charge in [-0.05, 0) is 47.7 Å². The van der Waals surface area contributed by atoms with Gasteiger partial charge < -0.3 is 5.32 Å². The van der Waals surface area contributed by atoms with Crippen LogP contribution >= 0.6 is 15.9 Å². The van der Waals surface area contributed by atoms with Gasteiger partial charge in [-0.25, -0.2) is 0 Å². The van der Waals surface area contributed by atoms with Crippen molar-refractivity contribution in [3.05, 3.63) is 22.9 Å². The van der Waals surface area contributed by atoms with Gasteiger partial charge in [-0.1, -0.05) is 6.92 Å². The Bertz CT molecular complexity index is 315. The molecule has 14 heavy (non-hydrogen) atoms. The van der Waals surface area contributed by atoms with Crippen molar-refractivity contribution in [2.75, 3.05) is 5.32 Å². The molecule has 2 nitrogen and oxygen atoms in total. The molecule has 1 aromatic rings. The second-order valence-corrected chi connectivity index (χ2v) is 4.82. The monoisotopic (exact) mass is 254 g/mol. The van der Waals surface area contributed by atoms with Gasteiger partial charge in [-0.15, -0.1) is 0 Å². The SMILES string of the molecule is CCC1(Nc2ccncc2Br)CCC1. The van der Waals surface area contributed by atoms with Gasteiger partial charge in [-0.3, -0.25) is 4.98 Å². The van der Waals surface area contributed by atoms with E-state index in [1.54, 1.807) is 0 Å². The van der Waals surface area contributed by atoms with Crippen LogP contribution in [0.1, 0.15) is 32.6 Å². The lowest BCUT2D eigenvalue weighted by atomic mass is 9.75. The summed E-state index contributed by atoms with van der Waals surface area (Å²) < 4.78 is 1.06.